The molecule has 2 aliphatic rings. The zero-order chi connectivity index (χ0) is 15.7. The summed E-state index contributed by atoms with van der Waals surface area (Å²) in [5.41, 5.74) is -1.14. The quantitative estimate of drug-likeness (QED) is 0.790. The second-order valence-electron chi connectivity index (χ2n) is 5.89. The zero-order valence-corrected chi connectivity index (χ0v) is 13.0. The first kappa shape index (κ1) is 16.1. The fraction of sp³-hybridized carbons (Fsp3) is 0.846. The van der Waals surface area contributed by atoms with Crippen LogP contribution < -0.4 is 5.32 Å². The van der Waals surface area contributed by atoms with Gasteiger partial charge >= 0.3 is 12.0 Å². The summed E-state index contributed by atoms with van der Waals surface area (Å²) in [6, 6.07) is -0.860. The number of hydrogen-bond acceptors (Lipinski definition) is 4. The minimum Gasteiger partial charge on any atom is -0.479 e. The van der Waals surface area contributed by atoms with Crippen molar-refractivity contribution in [2.75, 3.05) is 18.1 Å². The molecule has 2 N–H and O–H groups in total. The highest BCUT2D eigenvalue weighted by molar-refractivity contribution is 7.91. The molecule has 7 nitrogen and oxygen atoms in total. The molecule has 0 radical (unpaired) electrons. The van der Waals surface area contributed by atoms with Crippen molar-refractivity contribution in [3.8, 4) is 0 Å². The average molecular weight is 318 g/mol. The Morgan fingerprint density at radius 2 is 2.14 bits per heavy atom. The highest BCUT2D eigenvalue weighted by atomic mass is 32.2. The van der Waals surface area contributed by atoms with Gasteiger partial charge in [0.25, 0.3) is 0 Å². The van der Waals surface area contributed by atoms with E-state index in [1.807, 2.05) is 6.92 Å². The van der Waals surface area contributed by atoms with Crippen molar-refractivity contribution >= 4 is 21.8 Å². The Balaban J connectivity index is 2.09. The van der Waals surface area contributed by atoms with E-state index in [1.54, 1.807) is 0 Å². The van der Waals surface area contributed by atoms with E-state index in [1.165, 1.54) is 4.90 Å². The van der Waals surface area contributed by atoms with Crippen molar-refractivity contribution in [2.45, 2.75) is 50.6 Å². The Morgan fingerprint density at radius 3 is 2.67 bits per heavy atom. The summed E-state index contributed by atoms with van der Waals surface area (Å²) in [5.74, 6) is -0.951. The van der Waals surface area contributed by atoms with E-state index in [-0.39, 0.29) is 11.5 Å². The Labute approximate surface area is 124 Å². The Morgan fingerprint density at radius 1 is 1.43 bits per heavy atom. The monoisotopic (exact) mass is 318 g/mol. The number of hydrogen-bond donors (Lipinski definition) is 2. The molecular weight excluding hydrogens is 296 g/mol. The molecule has 2 rings (SSSR count). The van der Waals surface area contributed by atoms with Crippen LogP contribution in [0.5, 0.6) is 0 Å². The second kappa shape index (κ2) is 5.82. The van der Waals surface area contributed by atoms with Crippen LogP contribution in [0.3, 0.4) is 0 Å². The van der Waals surface area contributed by atoms with Crippen LogP contribution in [0.1, 0.15) is 39.0 Å². The Bertz CT molecular complexity index is 533. The molecule has 0 aliphatic carbocycles. The molecule has 2 fully saturated rings. The molecule has 8 heteroatoms. The first-order valence-electron chi connectivity index (χ1n) is 7.33. The summed E-state index contributed by atoms with van der Waals surface area (Å²) in [6.07, 6.45) is 2.59. The summed E-state index contributed by atoms with van der Waals surface area (Å²) >= 11 is 0. The van der Waals surface area contributed by atoms with Gasteiger partial charge in [0.1, 0.15) is 5.54 Å². The first-order chi connectivity index (χ1) is 9.81. The number of urea groups is 1. The minimum atomic E-state index is -3.07. The predicted molar refractivity (Wildman–Crippen MR) is 76.8 cm³/mol. The van der Waals surface area contributed by atoms with Gasteiger partial charge in [0.15, 0.2) is 9.84 Å². The van der Waals surface area contributed by atoms with Crippen LogP contribution >= 0.6 is 0 Å². The SMILES string of the molecule is CCCC1(C(=O)O)CCCN1C(=O)NC1CCS(=O)(=O)C1. The molecule has 2 atom stereocenters. The van der Waals surface area contributed by atoms with Gasteiger partial charge in [-0.15, -0.1) is 0 Å². The van der Waals surface area contributed by atoms with Crippen LogP contribution in [0, 0.1) is 0 Å². The number of carboxylic acids is 1. The Hall–Kier alpha value is -1.31. The fourth-order valence-corrected chi connectivity index (χ4v) is 5.01. The van der Waals surface area contributed by atoms with Crippen molar-refractivity contribution in [1.82, 2.24) is 10.2 Å². The molecule has 2 unspecified atom stereocenters. The number of carbonyl (C=O) groups excluding carboxylic acids is 1. The molecule has 120 valence electrons. The van der Waals surface area contributed by atoms with E-state index < -0.39 is 33.4 Å². The third-order valence-corrected chi connectivity index (χ3v) is 6.12. The van der Waals surface area contributed by atoms with Crippen LogP contribution in [-0.2, 0) is 14.6 Å². The van der Waals surface area contributed by atoms with Crippen LogP contribution in [-0.4, -0.2) is 60.1 Å². The van der Waals surface area contributed by atoms with Gasteiger partial charge in [-0.1, -0.05) is 13.3 Å². The number of rotatable bonds is 4. The van der Waals surface area contributed by atoms with Gasteiger partial charge in [-0.2, -0.15) is 0 Å². The number of likely N-dealkylation sites (tertiary alicyclic amines) is 1. The second-order valence-corrected chi connectivity index (χ2v) is 8.12. The van der Waals surface area contributed by atoms with Crippen LogP contribution in [0.15, 0.2) is 0 Å². The largest absolute Gasteiger partial charge is 0.479 e. The van der Waals surface area contributed by atoms with Gasteiger partial charge in [-0.3, -0.25) is 0 Å². The number of aliphatic carboxylic acids is 1. The van der Waals surface area contributed by atoms with Gasteiger partial charge in [-0.05, 0) is 25.7 Å². The van der Waals surface area contributed by atoms with E-state index >= 15 is 0 Å². The van der Waals surface area contributed by atoms with Gasteiger partial charge < -0.3 is 15.3 Å². The maximum atomic E-state index is 12.4. The van der Waals surface area contributed by atoms with Gasteiger partial charge in [0, 0.05) is 12.6 Å². The third kappa shape index (κ3) is 3.14. The lowest BCUT2D eigenvalue weighted by atomic mass is 9.91. The van der Waals surface area contributed by atoms with E-state index in [9.17, 15) is 23.1 Å². The normalized spacial score (nSPS) is 31.3. The summed E-state index contributed by atoms with van der Waals surface area (Å²) < 4.78 is 22.8. The predicted octanol–water partition coefficient (Wildman–Crippen LogP) is 0.602. The standard InChI is InChI=1S/C13H22N2O5S/c1-2-5-13(11(16)17)6-3-7-15(13)12(18)14-10-4-8-21(19,20)9-10/h10H,2-9H2,1H3,(H,14,18)(H,16,17). The van der Waals surface area contributed by atoms with E-state index in [4.69, 9.17) is 0 Å². The highest BCUT2D eigenvalue weighted by Crippen LogP contribution is 2.34. The third-order valence-electron chi connectivity index (χ3n) is 4.36. The summed E-state index contributed by atoms with van der Waals surface area (Å²) in [4.78, 5) is 25.4. The maximum Gasteiger partial charge on any atom is 0.329 e. The van der Waals surface area contributed by atoms with Gasteiger partial charge in [0.05, 0.1) is 11.5 Å². The zero-order valence-electron chi connectivity index (χ0n) is 12.2. The van der Waals surface area contributed by atoms with Crippen molar-refractivity contribution in [1.29, 1.82) is 0 Å². The molecule has 0 aromatic heterocycles. The first-order valence-corrected chi connectivity index (χ1v) is 9.15. The lowest BCUT2D eigenvalue weighted by Gasteiger charge is -2.35. The number of carboxylic acid groups (broad SMARTS) is 1. The van der Waals surface area contributed by atoms with E-state index in [0.717, 1.165) is 0 Å². The molecule has 2 heterocycles. The molecule has 21 heavy (non-hydrogen) atoms. The molecule has 0 aromatic rings. The molecule has 0 aromatic carbocycles. The summed E-state index contributed by atoms with van der Waals surface area (Å²) in [6.45, 7) is 2.29. The molecule has 0 spiro atoms. The average Bonchev–Trinajstić information content (AvgIpc) is 2.94. The number of carbonyl (C=O) groups is 2. The number of amides is 2. The number of sulfone groups is 1. The van der Waals surface area contributed by atoms with E-state index in [2.05, 4.69) is 5.32 Å². The number of nitrogens with one attached hydrogen (secondary N) is 1. The summed E-state index contributed by atoms with van der Waals surface area (Å²) in [7, 11) is -3.07. The smallest absolute Gasteiger partial charge is 0.329 e. The van der Waals surface area contributed by atoms with Crippen molar-refractivity contribution in [2.24, 2.45) is 0 Å². The molecule has 0 bridgehead atoms. The van der Waals surface area contributed by atoms with Crippen molar-refractivity contribution in [3.05, 3.63) is 0 Å². The fourth-order valence-electron chi connectivity index (χ4n) is 3.34. The van der Waals surface area contributed by atoms with Gasteiger partial charge in [0.2, 0.25) is 0 Å². The topological polar surface area (TPSA) is 104 Å². The molecule has 2 aliphatic heterocycles. The lowest BCUT2D eigenvalue weighted by molar-refractivity contribution is -0.148. The van der Waals surface area contributed by atoms with Gasteiger partial charge in [-0.25, -0.2) is 18.0 Å². The molecule has 0 saturated carbocycles. The summed E-state index contributed by atoms with van der Waals surface area (Å²) in [5, 5.41) is 12.2. The molecule has 2 saturated heterocycles. The van der Waals surface area contributed by atoms with Crippen LogP contribution in [0.4, 0.5) is 4.79 Å². The van der Waals surface area contributed by atoms with Crippen LogP contribution in [0.25, 0.3) is 0 Å². The molecular formula is C13H22N2O5S. The highest BCUT2D eigenvalue weighted by Gasteiger charge is 2.49. The molecule has 2 amide bonds. The lowest BCUT2D eigenvalue weighted by Crippen LogP contribution is -2.57. The van der Waals surface area contributed by atoms with Crippen LogP contribution in [0.2, 0.25) is 0 Å². The van der Waals surface area contributed by atoms with E-state index in [0.29, 0.717) is 38.6 Å². The van der Waals surface area contributed by atoms with Crippen molar-refractivity contribution < 1.29 is 23.1 Å². The maximum absolute atomic E-state index is 12.4. The number of nitrogens with zero attached hydrogens (tertiary/aromatic N) is 1. The Kier molecular flexibility index (Phi) is 4.46. The van der Waals surface area contributed by atoms with Crippen molar-refractivity contribution in [3.63, 3.8) is 0 Å². The minimum absolute atomic E-state index is 0.0551.